The first-order valence-electron chi connectivity index (χ1n) is 9.66. The van der Waals surface area contributed by atoms with Crippen molar-refractivity contribution < 1.29 is 19.1 Å². The Labute approximate surface area is 154 Å². The van der Waals surface area contributed by atoms with Crippen LogP contribution in [0.5, 0.6) is 5.75 Å². The molecular weight excluding hydrogens is 330 g/mol. The summed E-state index contributed by atoms with van der Waals surface area (Å²) in [6, 6.07) is 6.05. The van der Waals surface area contributed by atoms with Crippen molar-refractivity contribution in [2.45, 2.75) is 44.4 Å². The maximum Gasteiger partial charge on any atom is 0.316 e. The molecule has 4 rings (SSSR count). The molecule has 5 nitrogen and oxygen atoms in total. The van der Waals surface area contributed by atoms with E-state index in [4.69, 9.17) is 9.47 Å². The van der Waals surface area contributed by atoms with Crippen LogP contribution in [0.3, 0.4) is 0 Å². The first-order chi connectivity index (χ1) is 12.5. The lowest BCUT2D eigenvalue weighted by molar-refractivity contribution is -0.150. The highest BCUT2D eigenvalue weighted by Gasteiger charge is 2.49. The number of carbonyl (C=O) groups excluding carboxylic acids is 2. The van der Waals surface area contributed by atoms with Crippen LogP contribution in [0.25, 0.3) is 0 Å². The highest BCUT2D eigenvalue weighted by Crippen LogP contribution is 2.53. The third kappa shape index (κ3) is 2.82. The smallest absolute Gasteiger partial charge is 0.316 e. The van der Waals surface area contributed by atoms with E-state index in [-0.39, 0.29) is 35.1 Å². The zero-order chi connectivity index (χ0) is 18.3. The molecule has 26 heavy (non-hydrogen) atoms. The van der Waals surface area contributed by atoms with E-state index in [2.05, 4.69) is 18.3 Å². The number of hydrogen-bond acceptors (Lipinski definition) is 5. The molecule has 3 atom stereocenters. The van der Waals surface area contributed by atoms with E-state index in [1.807, 2.05) is 12.1 Å². The Kier molecular flexibility index (Phi) is 4.51. The van der Waals surface area contributed by atoms with Crippen molar-refractivity contribution in [3.63, 3.8) is 0 Å². The summed E-state index contributed by atoms with van der Waals surface area (Å²) in [5.41, 5.74) is 2.50. The molecule has 0 bridgehead atoms. The van der Waals surface area contributed by atoms with Gasteiger partial charge < -0.3 is 14.8 Å². The van der Waals surface area contributed by atoms with E-state index in [9.17, 15) is 9.59 Å². The SMILES string of the molecule is COC(=O)C1CCCC2(C)c3cc(OC(=O)C4CNC4)ccc3CCC12. The molecule has 140 valence electrons. The van der Waals surface area contributed by atoms with Crippen molar-refractivity contribution in [2.75, 3.05) is 20.2 Å². The number of ether oxygens (including phenoxy) is 2. The molecule has 1 saturated heterocycles. The summed E-state index contributed by atoms with van der Waals surface area (Å²) >= 11 is 0. The highest BCUT2D eigenvalue weighted by atomic mass is 16.5. The molecule has 3 aliphatic rings. The van der Waals surface area contributed by atoms with Crippen LogP contribution >= 0.6 is 0 Å². The Morgan fingerprint density at radius 1 is 1.19 bits per heavy atom. The maximum absolute atomic E-state index is 12.3. The molecule has 1 heterocycles. The van der Waals surface area contributed by atoms with Gasteiger partial charge >= 0.3 is 11.9 Å². The number of fused-ring (bicyclic) bond motifs is 3. The van der Waals surface area contributed by atoms with Crippen LogP contribution in [-0.4, -0.2) is 32.1 Å². The van der Waals surface area contributed by atoms with Crippen LogP contribution in [-0.2, 0) is 26.2 Å². The van der Waals surface area contributed by atoms with E-state index in [0.29, 0.717) is 18.8 Å². The van der Waals surface area contributed by atoms with E-state index in [1.54, 1.807) is 0 Å². The Bertz CT molecular complexity index is 727. The van der Waals surface area contributed by atoms with Gasteiger partial charge in [0.2, 0.25) is 0 Å². The van der Waals surface area contributed by atoms with Gasteiger partial charge in [0, 0.05) is 13.1 Å². The minimum absolute atomic E-state index is 0.0286. The molecule has 2 fully saturated rings. The zero-order valence-corrected chi connectivity index (χ0v) is 15.5. The van der Waals surface area contributed by atoms with Crippen LogP contribution in [0.2, 0.25) is 0 Å². The van der Waals surface area contributed by atoms with Crippen molar-refractivity contribution in [3.8, 4) is 5.75 Å². The van der Waals surface area contributed by atoms with Gasteiger partial charge in [0.25, 0.3) is 0 Å². The average Bonchev–Trinajstić information content (AvgIpc) is 2.58. The number of nitrogens with one attached hydrogen (secondary N) is 1. The predicted octanol–water partition coefficient (Wildman–Crippen LogP) is 2.60. The molecule has 1 saturated carbocycles. The number of rotatable bonds is 3. The van der Waals surface area contributed by atoms with Crippen molar-refractivity contribution >= 4 is 11.9 Å². The molecule has 1 aromatic carbocycles. The first kappa shape index (κ1) is 17.5. The van der Waals surface area contributed by atoms with E-state index >= 15 is 0 Å². The second kappa shape index (κ2) is 6.69. The second-order valence-corrected chi connectivity index (χ2v) is 8.18. The summed E-state index contributed by atoms with van der Waals surface area (Å²) in [4.78, 5) is 24.5. The Balaban J connectivity index is 1.63. The number of benzene rings is 1. The third-order valence-electron chi connectivity index (χ3n) is 6.77. The minimum atomic E-state index is -0.155. The molecule has 0 radical (unpaired) electrons. The van der Waals surface area contributed by atoms with Gasteiger partial charge in [0.1, 0.15) is 5.75 Å². The summed E-state index contributed by atoms with van der Waals surface area (Å²) in [7, 11) is 1.48. The molecule has 3 unspecified atom stereocenters. The van der Waals surface area contributed by atoms with Crippen molar-refractivity contribution in [1.29, 1.82) is 0 Å². The van der Waals surface area contributed by atoms with Gasteiger partial charge in [-0.25, -0.2) is 0 Å². The number of aryl methyl sites for hydroxylation is 1. The van der Waals surface area contributed by atoms with Gasteiger partial charge in [-0.05, 0) is 60.3 Å². The molecule has 5 heteroatoms. The zero-order valence-electron chi connectivity index (χ0n) is 15.5. The van der Waals surface area contributed by atoms with Gasteiger partial charge in [-0.3, -0.25) is 9.59 Å². The van der Waals surface area contributed by atoms with Crippen LogP contribution in [0.15, 0.2) is 18.2 Å². The molecule has 0 amide bonds. The molecule has 0 spiro atoms. The number of hydrogen-bond donors (Lipinski definition) is 1. The Hall–Kier alpha value is -1.88. The molecule has 1 aliphatic heterocycles. The van der Waals surface area contributed by atoms with Crippen LogP contribution < -0.4 is 10.1 Å². The topological polar surface area (TPSA) is 64.6 Å². The fraction of sp³-hybridized carbons (Fsp3) is 0.619. The fourth-order valence-electron chi connectivity index (χ4n) is 5.14. The highest BCUT2D eigenvalue weighted by molar-refractivity contribution is 5.77. The normalized spacial score (nSPS) is 30.5. The Morgan fingerprint density at radius 2 is 2.00 bits per heavy atom. The first-order valence-corrected chi connectivity index (χ1v) is 9.66. The maximum atomic E-state index is 12.3. The summed E-state index contributed by atoms with van der Waals surface area (Å²) in [6.07, 6.45) is 4.96. The molecule has 2 aliphatic carbocycles. The summed E-state index contributed by atoms with van der Waals surface area (Å²) in [6.45, 7) is 3.67. The quantitative estimate of drug-likeness (QED) is 0.665. The van der Waals surface area contributed by atoms with Crippen molar-refractivity contribution in [3.05, 3.63) is 29.3 Å². The van der Waals surface area contributed by atoms with E-state index in [0.717, 1.165) is 32.1 Å². The average molecular weight is 357 g/mol. The molecular formula is C21H27NO4. The molecule has 1 N–H and O–H groups in total. The summed E-state index contributed by atoms with van der Waals surface area (Å²) < 4.78 is 10.7. The lowest BCUT2D eigenvalue weighted by Crippen LogP contribution is -2.48. The lowest BCUT2D eigenvalue weighted by Gasteiger charge is -2.49. The monoisotopic (exact) mass is 357 g/mol. The fourth-order valence-corrected chi connectivity index (χ4v) is 5.14. The largest absolute Gasteiger partial charge is 0.469 e. The van der Waals surface area contributed by atoms with Gasteiger partial charge in [-0.15, -0.1) is 0 Å². The second-order valence-electron chi connectivity index (χ2n) is 8.18. The van der Waals surface area contributed by atoms with Crippen LogP contribution in [0.1, 0.15) is 43.7 Å². The number of methoxy groups -OCH3 is 1. The van der Waals surface area contributed by atoms with Crippen molar-refractivity contribution in [1.82, 2.24) is 5.32 Å². The summed E-state index contributed by atoms with van der Waals surface area (Å²) in [5, 5.41) is 3.10. The predicted molar refractivity (Wildman–Crippen MR) is 97.0 cm³/mol. The Morgan fingerprint density at radius 3 is 2.69 bits per heavy atom. The van der Waals surface area contributed by atoms with E-state index < -0.39 is 0 Å². The van der Waals surface area contributed by atoms with Gasteiger partial charge in [0.05, 0.1) is 18.9 Å². The lowest BCUT2D eigenvalue weighted by atomic mass is 9.55. The van der Waals surface area contributed by atoms with Crippen molar-refractivity contribution in [2.24, 2.45) is 17.8 Å². The molecule has 0 aromatic heterocycles. The van der Waals surface area contributed by atoms with Crippen LogP contribution in [0, 0.1) is 17.8 Å². The number of carbonyl (C=O) groups is 2. The number of esters is 2. The van der Waals surface area contributed by atoms with Gasteiger partial charge in [-0.2, -0.15) is 0 Å². The third-order valence-corrected chi connectivity index (χ3v) is 6.77. The van der Waals surface area contributed by atoms with Gasteiger partial charge in [-0.1, -0.05) is 19.4 Å². The van der Waals surface area contributed by atoms with E-state index in [1.165, 1.54) is 18.2 Å². The molecule has 1 aromatic rings. The minimum Gasteiger partial charge on any atom is -0.469 e. The van der Waals surface area contributed by atoms with Crippen LogP contribution in [0.4, 0.5) is 0 Å². The summed E-state index contributed by atoms with van der Waals surface area (Å²) in [5.74, 6) is 0.620. The standard InChI is InChI=1S/C21H27NO4/c1-21-9-3-4-16(20(24)25-2)17(21)8-6-13-5-7-15(10-18(13)21)26-19(23)14-11-22-12-14/h5,7,10,14,16-17,22H,3-4,6,8-9,11-12H2,1-2H3. The van der Waals surface area contributed by atoms with Gasteiger partial charge in [0.15, 0.2) is 0 Å².